The molecular formula is C24H22N2O7S. The van der Waals surface area contributed by atoms with E-state index in [1.54, 1.807) is 50.3 Å². The van der Waals surface area contributed by atoms with E-state index < -0.39 is 18.0 Å². The van der Waals surface area contributed by atoms with Gasteiger partial charge in [0.15, 0.2) is 16.3 Å². The summed E-state index contributed by atoms with van der Waals surface area (Å²) in [4.78, 5) is 42.9. The lowest BCUT2D eigenvalue weighted by atomic mass is 9.95. The third-order valence-corrected chi connectivity index (χ3v) is 6.07. The number of benzene rings is 1. The molecule has 1 unspecified atom stereocenters. The number of aromatic nitrogens is 1. The van der Waals surface area contributed by atoms with E-state index in [1.807, 2.05) is 0 Å². The molecule has 34 heavy (non-hydrogen) atoms. The SMILES string of the molecule is CCOC(=O)C1=C(C)N=c2s/c(=C/c3ccco3)c(=O)n2C1c1ccc(OC(C)=O)c(OC)c1. The minimum atomic E-state index is -0.825. The van der Waals surface area contributed by atoms with Gasteiger partial charge in [-0.2, -0.15) is 0 Å². The summed E-state index contributed by atoms with van der Waals surface area (Å²) >= 11 is 1.19. The van der Waals surface area contributed by atoms with Gasteiger partial charge in [-0.3, -0.25) is 14.2 Å². The topological polar surface area (TPSA) is 109 Å². The normalized spacial score (nSPS) is 15.5. The number of thiazole rings is 1. The molecular weight excluding hydrogens is 460 g/mol. The van der Waals surface area contributed by atoms with Gasteiger partial charge in [-0.1, -0.05) is 17.4 Å². The molecule has 9 nitrogen and oxygen atoms in total. The fourth-order valence-corrected chi connectivity index (χ4v) is 4.73. The van der Waals surface area contributed by atoms with Crippen molar-refractivity contribution in [2.45, 2.75) is 26.8 Å². The van der Waals surface area contributed by atoms with Crippen molar-refractivity contribution >= 4 is 29.4 Å². The number of allylic oxidation sites excluding steroid dienone is 1. The summed E-state index contributed by atoms with van der Waals surface area (Å²) in [6, 6.07) is 7.51. The van der Waals surface area contributed by atoms with Crippen LogP contribution in [0.5, 0.6) is 11.5 Å². The zero-order valence-corrected chi connectivity index (χ0v) is 19.8. The summed E-state index contributed by atoms with van der Waals surface area (Å²) in [6.07, 6.45) is 3.15. The summed E-state index contributed by atoms with van der Waals surface area (Å²) in [5.41, 5.74) is 0.914. The molecule has 1 aromatic carbocycles. The number of carbonyl (C=O) groups excluding carboxylic acids is 2. The summed E-state index contributed by atoms with van der Waals surface area (Å²) in [5, 5.41) is 0. The van der Waals surface area contributed by atoms with Crippen LogP contribution in [0.3, 0.4) is 0 Å². The maximum absolute atomic E-state index is 13.5. The minimum Gasteiger partial charge on any atom is -0.493 e. The molecule has 0 saturated heterocycles. The minimum absolute atomic E-state index is 0.167. The molecule has 0 fully saturated rings. The van der Waals surface area contributed by atoms with E-state index >= 15 is 0 Å². The van der Waals surface area contributed by atoms with E-state index in [2.05, 4.69) is 4.99 Å². The Labute approximate surface area is 198 Å². The number of furan rings is 1. The zero-order chi connectivity index (χ0) is 24.4. The van der Waals surface area contributed by atoms with E-state index in [-0.39, 0.29) is 29.2 Å². The van der Waals surface area contributed by atoms with Crippen LogP contribution in [-0.4, -0.2) is 30.2 Å². The van der Waals surface area contributed by atoms with Gasteiger partial charge < -0.3 is 18.6 Å². The zero-order valence-electron chi connectivity index (χ0n) is 19.0. The van der Waals surface area contributed by atoms with Gasteiger partial charge in [0.25, 0.3) is 5.56 Å². The van der Waals surface area contributed by atoms with Crippen LogP contribution in [0.4, 0.5) is 0 Å². The molecule has 3 aromatic rings. The van der Waals surface area contributed by atoms with Crippen LogP contribution in [0.2, 0.25) is 0 Å². The highest BCUT2D eigenvalue weighted by atomic mass is 32.1. The molecule has 0 bridgehead atoms. The third kappa shape index (κ3) is 4.32. The second-order valence-electron chi connectivity index (χ2n) is 7.32. The van der Waals surface area contributed by atoms with Crippen molar-refractivity contribution in [1.29, 1.82) is 0 Å². The van der Waals surface area contributed by atoms with Gasteiger partial charge >= 0.3 is 11.9 Å². The largest absolute Gasteiger partial charge is 0.493 e. The van der Waals surface area contributed by atoms with Gasteiger partial charge in [0.1, 0.15) is 5.76 Å². The molecule has 0 spiro atoms. The molecule has 2 aromatic heterocycles. The number of esters is 2. The average molecular weight is 483 g/mol. The molecule has 1 aliphatic rings. The fourth-order valence-electron chi connectivity index (χ4n) is 3.70. The first-order valence-electron chi connectivity index (χ1n) is 10.4. The molecule has 4 rings (SSSR count). The third-order valence-electron chi connectivity index (χ3n) is 5.09. The van der Waals surface area contributed by atoms with Crippen molar-refractivity contribution in [3.05, 3.63) is 78.9 Å². The average Bonchev–Trinajstić information content (AvgIpc) is 3.41. The Morgan fingerprint density at radius 1 is 1.26 bits per heavy atom. The number of hydrogen-bond acceptors (Lipinski definition) is 9. The number of nitrogens with zero attached hydrogens (tertiary/aromatic N) is 2. The first kappa shape index (κ1) is 23.2. The van der Waals surface area contributed by atoms with Crippen molar-refractivity contribution in [2.24, 2.45) is 4.99 Å². The Morgan fingerprint density at radius 3 is 2.71 bits per heavy atom. The van der Waals surface area contributed by atoms with Gasteiger partial charge in [-0.15, -0.1) is 0 Å². The van der Waals surface area contributed by atoms with Crippen LogP contribution in [0, 0.1) is 0 Å². The number of carbonyl (C=O) groups is 2. The predicted octanol–water partition coefficient (Wildman–Crippen LogP) is 2.33. The molecule has 0 N–H and O–H groups in total. The predicted molar refractivity (Wildman–Crippen MR) is 123 cm³/mol. The van der Waals surface area contributed by atoms with Crippen molar-refractivity contribution < 1.29 is 28.2 Å². The highest BCUT2D eigenvalue weighted by Gasteiger charge is 2.34. The number of hydrogen-bond donors (Lipinski definition) is 0. The van der Waals surface area contributed by atoms with Crippen molar-refractivity contribution in [3.63, 3.8) is 0 Å². The van der Waals surface area contributed by atoms with Gasteiger partial charge in [-0.25, -0.2) is 9.79 Å². The van der Waals surface area contributed by atoms with E-state index in [1.165, 1.54) is 36.2 Å². The highest BCUT2D eigenvalue weighted by Crippen LogP contribution is 2.36. The van der Waals surface area contributed by atoms with E-state index in [0.717, 1.165) is 0 Å². The molecule has 0 aliphatic carbocycles. The standard InChI is InChI=1S/C24H22N2O7S/c1-5-31-23(29)20-13(2)25-24-26(22(28)19(34-24)12-16-7-6-10-32-16)21(20)15-8-9-17(33-14(3)27)18(11-15)30-4/h6-12,21H,5H2,1-4H3/b19-12+. The molecule has 0 amide bonds. The van der Waals surface area contributed by atoms with Crippen LogP contribution in [0.15, 0.2) is 62.1 Å². The lowest BCUT2D eigenvalue weighted by Gasteiger charge is -2.25. The molecule has 0 saturated carbocycles. The van der Waals surface area contributed by atoms with Gasteiger partial charge in [0.2, 0.25) is 0 Å². The molecule has 1 aliphatic heterocycles. The van der Waals surface area contributed by atoms with Gasteiger partial charge in [0, 0.05) is 13.0 Å². The molecule has 1 atom stereocenters. The molecule has 0 radical (unpaired) electrons. The van der Waals surface area contributed by atoms with Crippen molar-refractivity contribution in [1.82, 2.24) is 4.57 Å². The summed E-state index contributed by atoms with van der Waals surface area (Å²) in [6.45, 7) is 4.86. The lowest BCUT2D eigenvalue weighted by Crippen LogP contribution is -2.39. The van der Waals surface area contributed by atoms with E-state index in [4.69, 9.17) is 18.6 Å². The second kappa shape index (κ2) is 9.52. The monoisotopic (exact) mass is 482 g/mol. The van der Waals surface area contributed by atoms with Crippen LogP contribution in [0.1, 0.15) is 38.1 Å². The first-order chi connectivity index (χ1) is 16.3. The summed E-state index contributed by atoms with van der Waals surface area (Å²) in [5.74, 6) is -0.0433. The smallest absolute Gasteiger partial charge is 0.338 e. The number of fused-ring (bicyclic) bond motifs is 1. The summed E-state index contributed by atoms with van der Waals surface area (Å²) < 4.78 is 23.1. The second-order valence-corrected chi connectivity index (χ2v) is 8.33. The van der Waals surface area contributed by atoms with Crippen molar-refractivity contribution in [2.75, 3.05) is 13.7 Å². The number of rotatable bonds is 6. The molecule has 176 valence electrons. The Bertz CT molecular complexity index is 1460. The van der Waals surface area contributed by atoms with E-state index in [0.29, 0.717) is 26.4 Å². The van der Waals surface area contributed by atoms with Crippen LogP contribution < -0.4 is 24.4 Å². The Balaban J connectivity index is 1.95. The van der Waals surface area contributed by atoms with Crippen LogP contribution in [-0.2, 0) is 14.3 Å². The lowest BCUT2D eigenvalue weighted by molar-refractivity contribution is -0.139. The van der Waals surface area contributed by atoms with Crippen molar-refractivity contribution in [3.8, 4) is 11.5 Å². The molecule has 3 heterocycles. The van der Waals surface area contributed by atoms with Crippen LogP contribution in [0.25, 0.3) is 6.08 Å². The number of ether oxygens (including phenoxy) is 3. The Kier molecular flexibility index (Phi) is 6.51. The maximum Gasteiger partial charge on any atom is 0.338 e. The van der Waals surface area contributed by atoms with Crippen LogP contribution >= 0.6 is 11.3 Å². The fraction of sp³-hybridized carbons (Fsp3) is 0.250. The Hall–Kier alpha value is -3.92. The maximum atomic E-state index is 13.5. The quantitative estimate of drug-likeness (QED) is 0.392. The van der Waals surface area contributed by atoms with Gasteiger partial charge in [0.05, 0.1) is 41.8 Å². The molecule has 10 heteroatoms. The highest BCUT2D eigenvalue weighted by molar-refractivity contribution is 7.07. The van der Waals surface area contributed by atoms with E-state index in [9.17, 15) is 14.4 Å². The Morgan fingerprint density at radius 2 is 2.06 bits per heavy atom. The summed E-state index contributed by atoms with van der Waals surface area (Å²) in [7, 11) is 1.44. The van der Waals surface area contributed by atoms with Gasteiger partial charge in [-0.05, 0) is 43.7 Å². The first-order valence-corrected chi connectivity index (χ1v) is 11.2. The number of methoxy groups -OCH3 is 1.